The molecule has 0 aliphatic carbocycles. The van der Waals surface area contributed by atoms with E-state index in [0.29, 0.717) is 23.7 Å². The van der Waals surface area contributed by atoms with Gasteiger partial charge in [-0.2, -0.15) is 0 Å². The Morgan fingerprint density at radius 3 is 2.93 bits per heavy atom. The summed E-state index contributed by atoms with van der Waals surface area (Å²) in [6.45, 7) is 9.57. The van der Waals surface area contributed by atoms with Crippen LogP contribution in [0.3, 0.4) is 0 Å². The number of hydrogen-bond donors (Lipinski definition) is 1. The zero-order chi connectivity index (χ0) is 20.0. The molecule has 2 heterocycles. The maximum Gasteiger partial charge on any atom is 0.339 e. The largest absolute Gasteiger partial charge is 0.481 e. The first-order chi connectivity index (χ1) is 12.8. The van der Waals surface area contributed by atoms with Gasteiger partial charge in [-0.1, -0.05) is 25.8 Å². The fraction of sp³-hybridized carbons (Fsp3) is 0.450. The average molecular weight is 388 g/mol. The summed E-state index contributed by atoms with van der Waals surface area (Å²) in [7, 11) is 0. The first kappa shape index (κ1) is 20.8. The van der Waals surface area contributed by atoms with Gasteiger partial charge in [0.05, 0.1) is 17.2 Å². The van der Waals surface area contributed by atoms with Crippen LogP contribution in [0, 0.1) is 12.3 Å². The molecule has 144 valence electrons. The summed E-state index contributed by atoms with van der Waals surface area (Å²) < 4.78 is 10.6. The summed E-state index contributed by atoms with van der Waals surface area (Å²) in [5.74, 6) is 3.32. The molecule has 0 spiro atoms. The van der Waals surface area contributed by atoms with Crippen LogP contribution < -0.4 is 15.7 Å². The van der Waals surface area contributed by atoms with E-state index in [0.717, 1.165) is 17.0 Å². The van der Waals surface area contributed by atoms with Crippen molar-refractivity contribution in [3.63, 3.8) is 0 Å². The summed E-state index contributed by atoms with van der Waals surface area (Å²) in [6, 6.07) is 2.35. The number of nitrogens with zero attached hydrogens (tertiary/aromatic N) is 1. The molecule has 6 nitrogen and oxygen atoms in total. The van der Waals surface area contributed by atoms with Gasteiger partial charge >= 0.3 is 5.63 Å². The predicted octanol–water partition coefficient (Wildman–Crippen LogP) is 3.09. The Hall–Kier alpha value is -2.46. The van der Waals surface area contributed by atoms with Gasteiger partial charge in [0.2, 0.25) is 5.91 Å². The Morgan fingerprint density at radius 2 is 2.33 bits per heavy atom. The van der Waals surface area contributed by atoms with Crippen LogP contribution >= 0.6 is 11.8 Å². The minimum absolute atomic E-state index is 0.0430. The van der Waals surface area contributed by atoms with Gasteiger partial charge in [-0.3, -0.25) is 9.79 Å². The van der Waals surface area contributed by atoms with E-state index in [4.69, 9.17) is 15.6 Å². The fourth-order valence-corrected chi connectivity index (χ4v) is 3.70. The van der Waals surface area contributed by atoms with Crippen molar-refractivity contribution in [2.75, 3.05) is 12.4 Å². The van der Waals surface area contributed by atoms with Crippen LogP contribution in [0.15, 0.2) is 38.5 Å². The molecule has 0 saturated heterocycles. The molecule has 1 aromatic rings. The maximum atomic E-state index is 12.9. The molecule has 2 rings (SSSR count). The number of nitrogens with one attached hydrogen (secondary N) is 1. The number of carbonyl (C=O) groups is 1. The minimum atomic E-state index is -0.886. The van der Waals surface area contributed by atoms with Crippen LogP contribution in [0.2, 0.25) is 0 Å². The van der Waals surface area contributed by atoms with Crippen molar-refractivity contribution in [3.05, 3.63) is 40.5 Å². The molecule has 1 aromatic heterocycles. The molecule has 0 radical (unpaired) electrons. The third-order valence-electron chi connectivity index (χ3n) is 4.00. The van der Waals surface area contributed by atoms with Gasteiger partial charge in [0.25, 0.3) is 0 Å². The van der Waals surface area contributed by atoms with Crippen LogP contribution in [0.4, 0.5) is 0 Å². The predicted molar refractivity (Wildman–Crippen MR) is 108 cm³/mol. The van der Waals surface area contributed by atoms with Crippen LogP contribution in [0.25, 0.3) is 0 Å². The van der Waals surface area contributed by atoms with Gasteiger partial charge in [0.15, 0.2) is 0 Å². The lowest BCUT2D eigenvalue weighted by molar-refractivity contribution is -0.125. The van der Waals surface area contributed by atoms with E-state index in [1.54, 1.807) is 13.0 Å². The molecule has 1 N–H and O–H groups in total. The van der Waals surface area contributed by atoms with Crippen molar-refractivity contribution in [2.45, 2.75) is 45.2 Å². The molecule has 7 heteroatoms. The van der Waals surface area contributed by atoms with Crippen LogP contribution in [-0.2, 0) is 4.79 Å². The van der Waals surface area contributed by atoms with Crippen molar-refractivity contribution in [1.82, 2.24) is 5.32 Å². The van der Waals surface area contributed by atoms with Crippen molar-refractivity contribution in [1.29, 1.82) is 0 Å². The van der Waals surface area contributed by atoms with E-state index >= 15 is 0 Å². The SMILES string of the molecule is C#CCOc1cc([C@@H](CCC)NC(=O)[C@]2(C)CSC(C(=C)C)=N2)oc(=O)c1. The van der Waals surface area contributed by atoms with Gasteiger partial charge in [-0.25, -0.2) is 4.79 Å². The zero-order valence-electron chi connectivity index (χ0n) is 15.8. The van der Waals surface area contributed by atoms with Gasteiger partial charge in [0.1, 0.15) is 23.7 Å². The highest BCUT2D eigenvalue weighted by Gasteiger charge is 2.39. The van der Waals surface area contributed by atoms with E-state index in [1.165, 1.54) is 17.8 Å². The van der Waals surface area contributed by atoms with Crippen molar-refractivity contribution >= 4 is 22.7 Å². The quantitative estimate of drug-likeness (QED) is 0.692. The lowest BCUT2D eigenvalue weighted by atomic mass is 10.0. The van der Waals surface area contributed by atoms with Crippen molar-refractivity contribution < 1.29 is 13.9 Å². The number of carbonyl (C=O) groups excluding carboxylic acids is 1. The Bertz CT molecular complexity index is 852. The Balaban J connectivity index is 2.24. The second kappa shape index (κ2) is 8.96. The van der Waals surface area contributed by atoms with Gasteiger partial charge < -0.3 is 14.5 Å². The summed E-state index contributed by atoms with van der Waals surface area (Å²) in [6.07, 6.45) is 6.58. The number of ether oxygens (including phenoxy) is 1. The molecule has 27 heavy (non-hydrogen) atoms. The van der Waals surface area contributed by atoms with E-state index in [9.17, 15) is 9.59 Å². The van der Waals surface area contributed by atoms with Crippen LogP contribution in [0.1, 0.15) is 45.4 Å². The minimum Gasteiger partial charge on any atom is -0.481 e. The lowest BCUT2D eigenvalue weighted by Gasteiger charge is -2.24. The highest BCUT2D eigenvalue weighted by atomic mass is 32.2. The number of rotatable bonds is 8. The Kier molecular flexibility index (Phi) is 6.92. The summed E-state index contributed by atoms with van der Waals surface area (Å²) in [5.41, 5.74) is -0.603. The lowest BCUT2D eigenvalue weighted by Crippen LogP contribution is -2.45. The van der Waals surface area contributed by atoms with Gasteiger partial charge in [-0.15, -0.1) is 18.2 Å². The number of terminal acetylenes is 1. The van der Waals surface area contributed by atoms with Gasteiger partial charge in [-0.05, 0) is 25.8 Å². The molecule has 1 aliphatic rings. The molecule has 0 unspecified atom stereocenters. The van der Waals surface area contributed by atoms with E-state index in [2.05, 4.69) is 22.8 Å². The standard InChI is InChI=1S/C20H24N2O4S/c1-6-8-15(16-10-14(25-9-7-2)11-17(23)26-16)21-19(24)20(5)12-27-18(22-20)13(3)4/h2,10-11,15H,3,6,8-9,12H2,1,4-5H3,(H,21,24)/t15-,20+/m1/s1. The molecule has 1 amide bonds. The number of amides is 1. The second-order valence-electron chi connectivity index (χ2n) is 6.58. The average Bonchev–Trinajstić information content (AvgIpc) is 3.03. The highest BCUT2D eigenvalue weighted by Crippen LogP contribution is 2.32. The Morgan fingerprint density at radius 1 is 1.59 bits per heavy atom. The topological polar surface area (TPSA) is 80.9 Å². The summed E-state index contributed by atoms with van der Waals surface area (Å²) in [4.78, 5) is 29.3. The normalized spacial score (nSPS) is 19.7. The van der Waals surface area contributed by atoms with Crippen molar-refractivity contribution in [3.8, 4) is 18.1 Å². The molecule has 2 atom stereocenters. The molecule has 0 fully saturated rings. The Labute approximate surface area is 163 Å². The van der Waals surface area contributed by atoms with E-state index in [-0.39, 0.29) is 12.5 Å². The van der Waals surface area contributed by atoms with Gasteiger partial charge in [0, 0.05) is 11.8 Å². The fourth-order valence-electron chi connectivity index (χ4n) is 2.57. The van der Waals surface area contributed by atoms with E-state index in [1.807, 2.05) is 13.8 Å². The number of thioether (sulfide) groups is 1. The molecule has 0 aromatic carbocycles. The molecule has 1 aliphatic heterocycles. The second-order valence-corrected chi connectivity index (χ2v) is 7.55. The molecule has 0 bridgehead atoms. The molecular formula is C20H24N2O4S. The van der Waals surface area contributed by atoms with E-state index < -0.39 is 17.2 Å². The summed E-state index contributed by atoms with van der Waals surface area (Å²) >= 11 is 1.51. The van der Waals surface area contributed by atoms with Crippen LogP contribution in [0.5, 0.6) is 5.75 Å². The monoisotopic (exact) mass is 388 g/mol. The summed E-state index contributed by atoms with van der Waals surface area (Å²) in [5, 5.41) is 3.76. The zero-order valence-corrected chi connectivity index (χ0v) is 16.6. The number of aliphatic imine (C=N–C) groups is 1. The maximum absolute atomic E-state index is 12.9. The number of hydrogen-bond acceptors (Lipinski definition) is 6. The third kappa shape index (κ3) is 5.27. The van der Waals surface area contributed by atoms with Crippen molar-refractivity contribution in [2.24, 2.45) is 4.99 Å². The smallest absolute Gasteiger partial charge is 0.339 e. The first-order valence-corrected chi connectivity index (χ1v) is 9.68. The highest BCUT2D eigenvalue weighted by molar-refractivity contribution is 8.14. The third-order valence-corrected chi connectivity index (χ3v) is 5.42. The molecule has 0 saturated carbocycles. The first-order valence-electron chi connectivity index (χ1n) is 8.70. The molecular weight excluding hydrogens is 364 g/mol. The van der Waals surface area contributed by atoms with Crippen LogP contribution in [-0.4, -0.2) is 28.8 Å².